The molecule has 0 aromatic rings. The van der Waals surface area contributed by atoms with E-state index in [9.17, 15) is 0 Å². The minimum atomic E-state index is 0.731. The maximum atomic E-state index is 4.40. The summed E-state index contributed by atoms with van der Waals surface area (Å²) in [6.07, 6.45) is 1.24. The maximum Gasteiger partial charge on any atom is 0.0483 e. The van der Waals surface area contributed by atoms with Crippen LogP contribution >= 0.6 is 34.2 Å². The van der Waals surface area contributed by atoms with E-state index in [4.69, 9.17) is 0 Å². The standard InChI is InChI=1S/C7H12S3/c1-3-5(2)6-4-9-10-7(6)8/h5,8H,3-4H2,1-2H3. The molecular weight excluding hydrogens is 180 g/mol. The molecule has 0 nitrogen and oxygen atoms in total. The predicted octanol–water partition coefficient (Wildman–Crippen LogP) is 3.57. The molecule has 0 aromatic carbocycles. The van der Waals surface area contributed by atoms with E-state index in [1.807, 2.05) is 21.6 Å². The fraction of sp³-hybridized carbons (Fsp3) is 0.714. The van der Waals surface area contributed by atoms with Gasteiger partial charge in [0.1, 0.15) is 0 Å². The Morgan fingerprint density at radius 2 is 2.40 bits per heavy atom. The maximum absolute atomic E-state index is 4.40. The van der Waals surface area contributed by atoms with Gasteiger partial charge in [0, 0.05) is 9.99 Å². The lowest BCUT2D eigenvalue weighted by atomic mass is 10.0. The number of hydrogen-bond donors (Lipinski definition) is 1. The van der Waals surface area contributed by atoms with E-state index < -0.39 is 0 Å². The molecule has 58 valence electrons. The third kappa shape index (κ3) is 1.89. The fourth-order valence-electron chi connectivity index (χ4n) is 0.863. The second-order valence-corrected chi connectivity index (χ2v) is 5.54. The Labute approximate surface area is 76.0 Å². The second-order valence-electron chi connectivity index (χ2n) is 2.49. The van der Waals surface area contributed by atoms with Crippen molar-refractivity contribution in [1.82, 2.24) is 0 Å². The molecule has 0 aliphatic carbocycles. The van der Waals surface area contributed by atoms with Gasteiger partial charge in [-0.2, -0.15) is 0 Å². The first-order valence-corrected chi connectivity index (χ1v) is 6.23. The Morgan fingerprint density at radius 1 is 1.70 bits per heavy atom. The Bertz CT molecular complexity index is 151. The molecule has 0 saturated heterocycles. The van der Waals surface area contributed by atoms with E-state index in [1.54, 1.807) is 5.57 Å². The van der Waals surface area contributed by atoms with Crippen LogP contribution in [0, 0.1) is 5.92 Å². The Balaban J connectivity index is 2.61. The molecule has 0 bridgehead atoms. The summed E-state index contributed by atoms with van der Waals surface area (Å²) in [5.41, 5.74) is 1.54. The molecule has 1 heterocycles. The highest BCUT2D eigenvalue weighted by Crippen LogP contribution is 2.45. The molecule has 0 spiro atoms. The highest BCUT2D eigenvalue weighted by atomic mass is 33.1. The zero-order valence-electron chi connectivity index (χ0n) is 6.26. The average Bonchev–Trinajstić information content (AvgIpc) is 2.34. The first kappa shape index (κ1) is 8.88. The van der Waals surface area contributed by atoms with Gasteiger partial charge in [-0.05, 0) is 17.9 Å². The minimum Gasteiger partial charge on any atom is -0.136 e. The third-order valence-electron chi connectivity index (χ3n) is 1.83. The quantitative estimate of drug-likeness (QED) is 0.525. The van der Waals surface area contributed by atoms with E-state index in [0.717, 1.165) is 5.92 Å². The Hall–Kier alpha value is 0.790. The summed E-state index contributed by atoms with van der Waals surface area (Å²) in [6.45, 7) is 4.50. The summed E-state index contributed by atoms with van der Waals surface area (Å²) in [6, 6.07) is 0. The lowest BCUT2D eigenvalue weighted by Crippen LogP contribution is -1.97. The molecule has 0 fully saturated rings. The first-order chi connectivity index (χ1) is 4.75. The van der Waals surface area contributed by atoms with Gasteiger partial charge in [0.25, 0.3) is 0 Å². The fourth-order valence-corrected chi connectivity index (χ4v) is 4.16. The normalized spacial score (nSPS) is 21.9. The summed E-state index contributed by atoms with van der Waals surface area (Å²) in [5, 5.41) is 0. The van der Waals surface area contributed by atoms with Crippen LogP contribution in [0.5, 0.6) is 0 Å². The molecule has 10 heavy (non-hydrogen) atoms. The lowest BCUT2D eigenvalue weighted by molar-refractivity contribution is 0.659. The van der Waals surface area contributed by atoms with E-state index in [2.05, 4.69) is 26.5 Å². The van der Waals surface area contributed by atoms with Gasteiger partial charge in [-0.1, -0.05) is 35.4 Å². The van der Waals surface area contributed by atoms with Crippen molar-refractivity contribution in [1.29, 1.82) is 0 Å². The van der Waals surface area contributed by atoms with Crippen molar-refractivity contribution in [2.24, 2.45) is 5.92 Å². The zero-order valence-corrected chi connectivity index (χ0v) is 8.78. The summed E-state index contributed by atoms with van der Waals surface area (Å²) in [4.78, 5) is 0. The molecule has 0 N–H and O–H groups in total. The van der Waals surface area contributed by atoms with E-state index in [1.165, 1.54) is 16.4 Å². The molecule has 1 aliphatic rings. The van der Waals surface area contributed by atoms with Gasteiger partial charge in [-0.3, -0.25) is 0 Å². The largest absolute Gasteiger partial charge is 0.136 e. The molecule has 3 heteroatoms. The Kier molecular flexibility index (Phi) is 3.53. The first-order valence-electron chi connectivity index (χ1n) is 3.47. The van der Waals surface area contributed by atoms with Gasteiger partial charge in [0.2, 0.25) is 0 Å². The van der Waals surface area contributed by atoms with E-state index in [-0.39, 0.29) is 0 Å². The van der Waals surface area contributed by atoms with Crippen molar-refractivity contribution in [2.75, 3.05) is 5.75 Å². The van der Waals surface area contributed by atoms with Gasteiger partial charge in [0.05, 0.1) is 0 Å². The predicted molar refractivity (Wildman–Crippen MR) is 55.5 cm³/mol. The van der Waals surface area contributed by atoms with Gasteiger partial charge < -0.3 is 0 Å². The van der Waals surface area contributed by atoms with Gasteiger partial charge in [0.15, 0.2) is 0 Å². The van der Waals surface area contributed by atoms with Crippen molar-refractivity contribution in [2.45, 2.75) is 20.3 Å². The SMILES string of the molecule is CCC(C)C1=C(S)SSC1. The highest BCUT2D eigenvalue weighted by Gasteiger charge is 2.17. The molecule has 1 atom stereocenters. The number of rotatable bonds is 2. The monoisotopic (exact) mass is 192 g/mol. The van der Waals surface area contributed by atoms with Gasteiger partial charge >= 0.3 is 0 Å². The Morgan fingerprint density at radius 3 is 2.80 bits per heavy atom. The number of hydrogen-bond acceptors (Lipinski definition) is 3. The van der Waals surface area contributed by atoms with Crippen molar-refractivity contribution >= 4 is 34.2 Å². The third-order valence-corrected chi connectivity index (χ3v) is 4.94. The van der Waals surface area contributed by atoms with Crippen LogP contribution in [0.15, 0.2) is 9.81 Å². The van der Waals surface area contributed by atoms with Crippen LogP contribution < -0.4 is 0 Å². The van der Waals surface area contributed by atoms with Crippen molar-refractivity contribution in [3.05, 3.63) is 9.81 Å². The van der Waals surface area contributed by atoms with Crippen LogP contribution in [-0.4, -0.2) is 5.75 Å². The smallest absolute Gasteiger partial charge is 0.0483 e. The van der Waals surface area contributed by atoms with Gasteiger partial charge in [-0.25, -0.2) is 0 Å². The molecular formula is C7H12S3. The van der Waals surface area contributed by atoms with Crippen molar-refractivity contribution in [3.8, 4) is 0 Å². The molecule has 1 unspecified atom stereocenters. The number of thiol groups is 1. The van der Waals surface area contributed by atoms with E-state index >= 15 is 0 Å². The van der Waals surface area contributed by atoms with Crippen LogP contribution in [0.2, 0.25) is 0 Å². The molecule has 1 rings (SSSR count). The summed E-state index contributed by atoms with van der Waals surface area (Å²) in [7, 11) is 3.71. The molecule has 0 saturated carbocycles. The summed E-state index contributed by atoms with van der Waals surface area (Å²) >= 11 is 4.40. The molecule has 0 aromatic heterocycles. The molecule has 1 aliphatic heterocycles. The topological polar surface area (TPSA) is 0 Å². The minimum absolute atomic E-state index is 0.731. The lowest BCUT2D eigenvalue weighted by Gasteiger charge is -2.08. The van der Waals surface area contributed by atoms with Gasteiger partial charge in [-0.15, -0.1) is 12.6 Å². The van der Waals surface area contributed by atoms with Crippen molar-refractivity contribution < 1.29 is 0 Å². The highest BCUT2D eigenvalue weighted by molar-refractivity contribution is 8.80. The van der Waals surface area contributed by atoms with Crippen LogP contribution in [0.1, 0.15) is 20.3 Å². The molecule has 0 radical (unpaired) electrons. The summed E-state index contributed by atoms with van der Waals surface area (Å²) in [5.74, 6) is 1.91. The van der Waals surface area contributed by atoms with Crippen LogP contribution in [-0.2, 0) is 0 Å². The zero-order chi connectivity index (χ0) is 7.56. The molecule has 0 amide bonds. The van der Waals surface area contributed by atoms with E-state index in [0.29, 0.717) is 0 Å². The van der Waals surface area contributed by atoms with Crippen LogP contribution in [0.3, 0.4) is 0 Å². The average molecular weight is 192 g/mol. The van der Waals surface area contributed by atoms with Crippen molar-refractivity contribution in [3.63, 3.8) is 0 Å². The second kappa shape index (κ2) is 3.98. The van der Waals surface area contributed by atoms with Crippen LogP contribution in [0.25, 0.3) is 0 Å². The summed E-state index contributed by atoms with van der Waals surface area (Å²) < 4.78 is 1.25. The van der Waals surface area contributed by atoms with Crippen LogP contribution in [0.4, 0.5) is 0 Å².